The quantitative estimate of drug-likeness (QED) is 0.555. The lowest BCUT2D eigenvalue weighted by atomic mass is 10.0. The van der Waals surface area contributed by atoms with E-state index in [1.54, 1.807) is 24.3 Å². The molecule has 1 N–H and O–H groups in total. The molecule has 4 nitrogen and oxygen atoms in total. The Morgan fingerprint density at radius 3 is 2.33 bits per heavy atom. The van der Waals surface area contributed by atoms with Crippen molar-refractivity contribution in [1.82, 2.24) is 0 Å². The Balaban J connectivity index is 1.92. The van der Waals surface area contributed by atoms with Gasteiger partial charge in [0.15, 0.2) is 0 Å². The van der Waals surface area contributed by atoms with Crippen LogP contribution in [0.1, 0.15) is 15.9 Å². The molecule has 3 rings (SSSR count). The number of hydrogen-bond donors (Lipinski definition) is 1. The van der Waals surface area contributed by atoms with Crippen molar-refractivity contribution in [3.8, 4) is 16.9 Å². The lowest BCUT2D eigenvalue weighted by Crippen LogP contribution is -2.14. The van der Waals surface area contributed by atoms with E-state index in [1.165, 1.54) is 12.1 Å². The topological polar surface area (TPSA) is 55.4 Å². The minimum Gasteiger partial charge on any atom is -0.428 e. The summed E-state index contributed by atoms with van der Waals surface area (Å²) in [6, 6.07) is 17.8. The van der Waals surface area contributed by atoms with Crippen LogP contribution < -0.4 is 10.1 Å². The van der Waals surface area contributed by atoms with Gasteiger partial charge in [0.2, 0.25) is 0 Å². The van der Waals surface area contributed by atoms with Gasteiger partial charge < -0.3 is 10.1 Å². The van der Waals surface area contributed by atoms with Crippen LogP contribution in [0, 0.1) is 6.92 Å². The van der Waals surface area contributed by atoms with Crippen LogP contribution in [0.2, 0.25) is 10.0 Å². The predicted molar refractivity (Wildman–Crippen MR) is 108 cm³/mol. The highest BCUT2D eigenvalue weighted by Gasteiger charge is 2.17. The van der Waals surface area contributed by atoms with Crippen molar-refractivity contribution >= 4 is 41.3 Å². The molecule has 0 spiro atoms. The first-order valence-corrected chi connectivity index (χ1v) is 8.82. The Bertz CT molecular complexity index is 995. The molecule has 0 bridgehead atoms. The van der Waals surface area contributed by atoms with Gasteiger partial charge in [-0.05, 0) is 42.3 Å². The van der Waals surface area contributed by atoms with Crippen molar-refractivity contribution in [3.63, 3.8) is 0 Å². The van der Waals surface area contributed by atoms with Gasteiger partial charge in [0.25, 0.3) is 12.4 Å². The van der Waals surface area contributed by atoms with Gasteiger partial charge in [0, 0.05) is 0 Å². The molecule has 1 amide bonds. The number of para-hydroxylation sites is 1. The molecule has 27 heavy (non-hydrogen) atoms. The number of rotatable bonds is 5. The smallest absolute Gasteiger partial charge is 0.298 e. The number of carbonyl (C=O) groups is 2. The first-order chi connectivity index (χ1) is 13.0. The predicted octanol–water partition coefficient (Wildman–Crippen LogP) is 5.76. The average molecular weight is 400 g/mol. The fourth-order valence-corrected chi connectivity index (χ4v) is 3.26. The molecule has 0 aliphatic heterocycles. The maximum atomic E-state index is 12.6. The van der Waals surface area contributed by atoms with Crippen molar-refractivity contribution in [2.45, 2.75) is 6.92 Å². The average Bonchev–Trinajstić information content (AvgIpc) is 2.65. The van der Waals surface area contributed by atoms with E-state index in [0.29, 0.717) is 15.7 Å². The molecule has 136 valence electrons. The Hall–Kier alpha value is -2.82. The standard InChI is InChI=1S/C21H15Cl2NO3/c1-13-5-4-6-14(9-13)15-10-17(22)20(18(23)11-15)24-21(26)16-7-2-3-8-19(16)27-12-25/h2-12H,1H3,(H,24,26). The van der Waals surface area contributed by atoms with Crippen molar-refractivity contribution in [2.24, 2.45) is 0 Å². The second kappa shape index (κ2) is 8.25. The molecule has 3 aromatic carbocycles. The molecule has 0 atom stereocenters. The van der Waals surface area contributed by atoms with E-state index in [2.05, 4.69) is 5.32 Å². The van der Waals surface area contributed by atoms with Crippen molar-refractivity contribution in [2.75, 3.05) is 5.32 Å². The van der Waals surface area contributed by atoms with Gasteiger partial charge in [-0.1, -0.05) is 65.2 Å². The lowest BCUT2D eigenvalue weighted by Gasteiger charge is -2.13. The van der Waals surface area contributed by atoms with Gasteiger partial charge in [-0.2, -0.15) is 0 Å². The summed E-state index contributed by atoms with van der Waals surface area (Å²) in [7, 11) is 0. The zero-order valence-electron chi connectivity index (χ0n) is 14.3. The molecule has 0 unspecified atom stereocenters. The van der Waals surface area contributed by atoms with E-state index in [0.717, 1.165) is 16.7 Å². The minimum absolute atomic E-state index is 0.147. The lowest BCUT2D eigenvalue weighted by molar-refractivity contribution is -0.120. The van der Waals surface area contributed by atoms with E-state index >= 15 is 0 Å². The molecular formula is C21H15Cl2NO3. The summed E-state index contributed by atoms with van der Waals surface area (Å²) in [5.41, 5.74) is 3.42. The van der Waals surface area contributed by atoms with Gasteiger partial charge in [-0.25, -0.2) is 0 Å². The van der Waals surface area contributed by atoms with Crippen molar-refractivity contribution in [3.05, 3.63) is 81.8 Å². The number of ether oxygens (including phenoxy) is 1. The molecule has 0 heterocycles. The SMILES string of the molecule is Cc1cccc(-c2cc(Cl)c(NC(=O)c3ccccc3OC=O)c(Cl)c2)c1. The molecule has 3 aromatic rings. The van der Waals surface area contributed by atoms with Crippen LogP contribution in [0.5, 0.6) is 5.75 Å². The number of benzene rings is 3. The monoisotopic (exact) mass is 399 g/mol. The molecule has 0 aliphatic rings. The first-order valence-electron chi connectivity index (χ1n) is 8.06. The molecule has 0 fully saturated rings. The van der Waals surface area contributed by atoms with E-state index in [1.807, 2.05) is 31.2 Å². The Kier molecular flexibility index (Phi) is 5.79. The van der Waals surface area contributed by atoms with Crippen molar-refractivity contribution < 1.29 is 14.3 Å². The minimum atomic E-state index is -0.487. The van der Waals surface area contributed by atoms with Crippen LogP contribution >= 0.6 is 23.2 Å². The largest absolute Gasteiger partial charge is 0.428 e. The van der Waals surface area contributed by atoms with Crippen LogP contribution in [0.15, 0.2) is 60.7 Å². The normalized spacial score (nSPS) is 10.3. The van der Waals surface area contributed by atoms with E-state index in [-0.39, 0.29) is 17.8 Å². The van der Waals surface area contributed by atoms with Crippen LogP contribution in [-0.2, 0) is 4.79 Å². The first kappa shape index (κ1) is 19.0. The van der Waals surface area contributed by atoms with Gasteiger partial charge in [-0.15, -0.1) is 0 Å². The Labute approximate surface area is 166 Å². The summed E-state index contributed by atoms with van der Waals surface area (Å²) in [6.07, 6.45) is 0. The molecule has 0 aromatic heterocycles. The van der Waals surface area contributed by atoms with Crippen LogP contribution in [-0.4, -0.2) is 12.4 Å². The highest BCUT2D eigenvalue weighted by atomic mass is 35.5. The summed E-state index contributed by atoms with van der Waals surface area (Å²) in [5, 5.41) is 3.30. The molecule has 0 saturated carbocycles. The fourth-order valence-electron chi connectivity index (χ4n) is 2.67. The number of nitrogens with one attached hydrogen (secondary N) is 1. The molecule has 6 heteroatoms. The highest BCUT2D eigenvalue weighted by molar-refractivity contribution is 6.40. The molecule has 0 aliphatic carbocycles. The Morgan fingerprint density at radius 1 is 0.963 bits per heavy atom. The third kappa shape index (κ3) is 4.30. The van der Waals surface area contributed by atoms with Crippen LogP contribution in [0.25, 0.3) is 11.1 Å². The summed E-state index contributed by atoms with van der Waals surface area (Å²) in [4.78, 5) is 23.2. The second-order valence-corrected chi connectivity index (χ2v) is 6.66. The molecule has 0 radical (unpaired) electrons. The number of hydrogen-bond acceptors (Lipinski definition) is 3. The third-order valence-electron chi connectivity index (χ3n) is 3.94. The second-order valence-electron chi connectivity index (χ2n) is 5.85. The highest BCUT2D eigenvalue weighted by Crippen LogP contribution is 2.36. The third-order valence-corrected chi connectivity index (χ3v) is 4.53. The number of amides is 1. The zero-order valence-corrected chi connectivity index (χ0v) is 15.8. The van der Waals surface area contributed by atoms with Crippen molar-refractivity contribution in [1.29, 1.82) is 0 Å². The van der Waals surface area contributed by atoms with Crippen LogP contribution in [0.3, 0.4) is 0 Å². The van der Waals surface area contributed by atoms with Crippen LogP contribution in [0.4, 0.5) is 5.69 Å². The molecule has 0 saturated heterocycles. The van der Waals surface area contributed by atoms with E-state index < -0.39 is 5.91 Å². The van der Waals surface area contributed by atoms with Gasteiger partial charge >= 0.3 is 0 Å². The molecular weight excluding hydrogens is 385 g/mol. The van der Waals surface area contributed by atoms with E-state index in [9.17, 15) is 9.59 Å². The fraction of sp³-hybridized carbons (Fsp3) is 0.0476. The van der Waals surface area contributed by atoms with Gasteiger partial charge in [0.05, 0.1) is 21.3 Å². The summed E-state index contributed by atoms with van der Waals surface area (Å²) in [5.74, 6) is -0.340. The number of aryl methyl sites for hydroxylation is 1. The van der Waals surface area contributed by atoms with Gasteiger partial charge in [0.1, 0.15) is 5.75 Å². The Morgan fingerprint density at radius 2 is 1.67 bits per heavy atom. The summed E-state index contributed by atoms with van der Waals surface area (Å²) in [6.45, 7) is 2.27. The van der Waals surface area contributed by atoms with Gasteiger partial charge in [-0.3, -0.25) is 9.59 Å². The number of carbonyl (C=O) groups excluding carboxylic acids is 2. The number of anilines is 1. The van der Waals surface area contributed by atoms with E-state index in [4.69, 9.17) is 27.9 Å². The summed E-state index contributed by atoms with van der Waals surface area (Å²) >= 11 is 12.7. The summed E-state index contributed by atoms with van der Waals surface area (Å²) < 4.78 is 4.84. The maximum Gasteiger partial charge on any atom is 0.298 e. The maximum absolute atomic E-state index is 12.6. The zero-order chi connectivity index (χ0) is 19.4. The number of halogens is 2.